The first-order valence-corrected chi connectivity index (χ1v) is 3.75. The average molecular weight is 167 g/mol. The number of aryl methyl sites for hydroxylation is 2. The fourth-order valence-corrected chi connectivity index (χ4v) is 1.38. The zero-order valence-electron chi connectivity index (χ0n) is 6.83. The molecule has 0 saturated heterocycles. The van der Waals surface area contributed by atoms with Crippen LogP contribution in [0.15, 0.2) is 18.2 Å². The van der Waals surface area contributed by atoms with Crippen LogP contribution in [-0.2, 0) is 12.8 Å². The van der Waals surface area contributed by atoms with E-state index in [1.807, 2.05) is 12.1 Å². The van der Waals surface area contributed by atoms with Crippen LogP contribution >= 0.6 is 0 Å². The maximum Gasteiger partial charge on any atom is 0.178 e. The molecule has 66 valence electrons. The third-order valence-electron chi connectivity index (χ3n) is 2.19. The van der Waals surface area contributed by atoms with Crippen molar-refractivity contribution in [2.75, 3.05) is 0 Å². The zero-order valence-corrected chi connectivity index (χ0v) is 6.83. The predicted molar refractivity (Wildman–Crippen MR) is 46.1 cm³/mol. The molecule has 1 aromatic rings. The monoisotopic (exact) mass is 167 g/mol. The first-order valence-electron chi connectivity index (χ1n) is 3.75. The van der Waals surface area contributed by atoms with Crippen LogP contribution in [0.2, 0.25) is 0 Å². The molecule has 0 bridgehead atoms. The second-order valence-corrected chi connectivity index (χ2v) is 2.90. The molecule has 0 radical (unpaired) electrons. The molecular formula is C9H13NO2. The van der Waals surface area contributed by atoms with Crippen molar-refractivity contribution in [1.82, 2.24) is 6.15 Å². The smallest absolute Gasteiger partial charge is 0.178 e. The van der Waals surface area contributed by atoms with E-state index >= 15 is 0 Å². The minimum Gasteiger partial charge on any atom is -0.364 e. The second-order valence-electron chi connectivity index (χ2n) is 2.90. The van der Waals surface area contributed by atoms with E-state index in [4.69, 9.17) is 10.2 Å². The van der Waals surface area contributed by atoms with E-state index in [0.29, 0.717) is 5.56 Å². The van der Waals surface area contributed by atoms with Gasteiger partial charge in [0.2, 0.25) is 0 Å². The lowest BCUT2D eigenvalue weighted by Crippen LogP contribution is -2.09. The summed E-state index contributed by atoms with van der Waals surface area (Å²) in [5.74, 6) is 0. The summed E-state index contributed by atoms with van der Waals surface area (Å²) in [6.45, 7) is 0. The van der Waals surface area contributed by atoms with Crippen molar-refractivity contribution in [2.45, 2.75) is 19.1 Å². The van der Waals surface area contributed by atoms with E-state index in [-0.39, 0.29) is 6.15 Å². The maximum absolute atomic E-state index is 8.82. The first kappa shape index (κ1) is 9.19. The number of benzene rings is 1. The minimum atomic E-state index is -1.32. The van der Waals surface area contributed by atoms with Crippen molar-refractivity contribution in [3.8, 4) is 0 Å². The summed E-state index contributed by atoms with van der Waals surface area (Å²) in [6.07, 6.45) is 0.897. The van der Waals surface area contributed by atoms with Crippen molar-refractivity contribution < 1.29 is 10.2 Å². The van der Waals surface area contributed by atoms with E-state index < -0.39 is 6.29 Å². The van der Waals surface area contributed by atoms with Gasteiger partial charge in [-0.25, -0.2) is 0 Å². The summed E-state index contributed by atoms with van der Waals surface area (Å²) in [5, 5.41) is 17.6. The van der Waals surface area contributed by atoms with Gasteiger partial charge in [-0.1, -0.05) is 18.2 Å². The normalized spacial score (nSPS) is 13.2. The van der Waals surface area contributed by atoms with Gasteiger partial charge >= 0.3 is 0 Å². The first-order chi connectivity index (χ1) is 5.27. The standard InChI is InChI=1S/C9H10O2.H3N/c10-9(11)8-4-2-6-1-3-7(6)5-8;/h2,4-5,9-11H,1,3H2;1H3. The lowest BCUT2D eigenvalue weighted by molar-refractivity contribution is -0.0425. The SMILES string of the molecule is N.OC(O)c1ccc2c(c1)CC2. The van der Waals surface area contributed by atoms with Gasteiger partial charge < -0.3 is 16.4 Å². The van der Waals surface area contributed by atoms with Gasteiger partial charge in [-0.15, -0.1) is 0 Å². The number of aliphatic hydroxyl groups excluding tert-OH is 1. The Hall–Kier alpha value is -0.900. The van der Waals surface area contributed by atoms with Crippen LogP contribution < -0.4 is 6.15 Å². The third-order valence-corrected chi connectivity index (χ3v) is 2.19. The van der Waals surface area contributed by atoms with E-state index in [1.165, 1.54) is 11.1 Å². The van der Waals surface area contributed by atoms with Gasteiger partial charge in [0.15, 0.2) is 6.29 Å². The van der Waals surface area contributed by atoms with Crippen molar-refractivity contribution in [3.05, 3.63) is 34.9 Å². The van der Waals surface area contributed by atoms with Gasteiger partial charge in [-0.2, -0.15) is 0 Å². The number of hydrogen-bond donors (Lipinski definition) is 3. The molecule has 1 aliphatic carbocycles. The van der Waals surface area contributed by atoms with Crippen LogP contribution in [0.1, 0.15) is 23.0 Å². The highest BCUT2D eigenvalue weighted by atomic mass is 16.5. The molecule has 0 heterocycles. The van der Waals surface area contributed by atoms with Crippen molar-refractivity contribution in [2.24, 2.45) is 0 Å². The Morgan fingerprint density at radius 2 is 1.75 bits per heavy atom. The molecule has 12 heavy (non-hydrogen) atoms. The number of fused-ring (bicyclic) bond motifs is 1. The summed E-state index contributed by atoms with van der Waals surface area (Å²) in [5.41, 5.74) is 3.20. The largest absolute Gasteiger partial charge is 0.364 e. The van der Waals surface area contributed by atoms with Gasteiger partial charge in [0.05, 0.1) is 0 Å². The van der Waals surface area contributed by atoms with E-state index in [0.717, 1.165) is 12.8 Å². The lowest BCUT2D eigenvalue weighted by atomic mass is 9.87. The number of aliphatic hydroxyl groups is 2. The van der Waals surface area contributed by atoms with E-state index in [1.54, 1.807) is 6.07 Å². The summed E-state index contributed by atoms with van der Waals surface area (Å²) in [6, 6.07) is 5.60. The Morgan fingerprint density at radius 3 is 2.17 bits per heavy atom. The van der Waals surface area contributed by atoms with E-state index in [2.05, 4.69) is 0 Å². The fraction of sp³-hybridized carbons (Fsp3) is 0.333. The molecular weight excluding hydrogens is 154 g/mol. The van der Waals surface area contributed by atoms with Crippen LogP contribution in [-0.4, -0.2) is 10.2 Å². The van der Waals surface area contributed by atoms with Crippen LogP contribution in [0.3, 0.4) is 0 Å². The summed E-state index contributed by atoms with van der Waals surface area (Å²) >= 11 is 0. The van der Waals surface area contributed by atoms with Gasteiger partial charge in [-0.3, -0.25) is 0 Å². The molecule has 2 rings (SSSR count). The highest BCUT2D eigenvalue weighted by Crippen LogP contribution is 2.25. The van der Waals surface area contributed by atoms with Crippen molar-refractivity contribution >= 4 is 0 Å². The molecule has 0 spiro atoms. The van der Waals surface area contributed by atoms with Gasteiger partial charge in [0.25, 0.3) is 0 Å². The van der Waals surface area contributed by atoms with Gasteiger partial charge in [0.1, 0.15) is 0 Å². The van der Waals surface area contributed by atoms with Crippen LogP contribution in [0.4, 0.5) is 0 Å². The fourth-order valence-electron chi connectivity index (χ4n) is 1.38. The summed E-state index contributed by atoms with van der Waals surface area (Å²) in [4.78, 5) is 0. The Morgan fingerprint density at radius 1 is 1.08 bits per heavy atom. The highest BCUT2D eigenvalue weighted by molar-refractivity contribution is 5.38. The summed E-state index contributed by atoms with van der Waals surface area (Å²) in [7, 11) is 0. The zero-order chi connectivity index (χ0) is 7.84. The Balaban J connectivity index is 0.000000720. The topological polar surface area (TPSA) is 75.5 Å². The Kier molecular flexibility index (Phi) is 2.47. The van der Waals surface area contributed by atoms with Crippen LogP contribution in [0.25, 0.3) is 0 Å². The average Bonchev–Trinajstić information content (AvgIpc) is 1.91. The van der Waals surface area contributed by atoms with Crippen molar-refractivity contribution in [3.63, 3.8) is 0 Å². The number of hydrogen-bond acceptors (Lipinski definition) is 3. The molecule has 1 aliphatic rings. The van der Waals surface area contributed by atoms with E-state index in [9.17, 15) is 0 Å². The molecule has 0 unspecified atom stereocenters. The van der Waals surface area contributed by atoms with Crippen LogP contribution in [0, 0.1) is 0 Å². The number of rotatable bonds is 1. The molecule has 3 nitrogen and oxygen atoms in total. The highest BCUT2D eigenvalue weighted by Gasteiger charge is 2.14. The molecule has 0 aromatic heterocycles. The predicted octanol–water partition coefficient (Wildman–Crippen LogP) is 0.930. The molecule has 3 heteroatoms. The lowest BCUT2D eigenvalue weighted by Gasteiger charge is -2.19. The van der Waals surface area contributed by atoms with Crippen LogP contribution in [0.5, 0.6) is 0 Å². The van der Waals surface area contributed by atoms with Gasteiger partial charge in [-0.05, 0) is 24.0 Å². The second kappa shape index (κ2) is 3.23. The molecule has 1 aromatic carbocycles. The molecule has 0 amide bonds. The molecule has 5 N–H and O–H groups in total. The Labute approximate surface area is 71.2 Å². The third kappa shape index (κ3) is 1.34. The van der Waals surface area contributed by atoms with Crippen molar-refractivity contribution in [1.29, 1.82) is 0 Å². The quantitative estimate of drug-likeness (QED) is 0.544. The van der Waals surface area contributed by atoms with Gasteiger partial charge in [0, 0.05) is 5.56 Å². The Bertz CT molecular complexity index is 284. The molecule has 0 fully saturated rings. The molecule has 0 aliphatic heterocycles. The summed E-state index contributed by atoms with van der Waals surface area (Å²) < 4.78 is 0. The molecule has 0 atom stereocenters. The maximum atomic E-state index is 8.82. The minimum absolute atomic E-state index is 0. The molecule has 0 saturated carbocycles.